The van der Waals surface area contributed by atoms with Crippen LogP contribution in [0.4, 0.5) is 11.8 Å². The van der Waals surface area contributed by atoms with Gasteiger partial charge in [-0.25, -0.2) is 4.98 Å². The zero-order chi connectivity index (χ0) is 32.6. The molecule has 2 heterocycles. The summed E-state index contributed by atoms with van der Waals surface area (Å²) in [6, 6.07) is 7.88. The van der Waals surface area contributed by atoms with E-state index in [4.69, 9.17) is 10.5 Å². The van der Waals surface area contributed by atoms with E-state index in [-0.39, 0.29) is 24.2 Å². The summed E-state index contributed by atoms with van der Waals surface area (Å²) in [5.74, 6) is 0.919. The second-order valence-corrected chi connectivity index (χ2v) is 12.4. The number of esters is 1. The van der Waals surface area contributed by atoms with Crippen LogP contribution in [0, 0.1) is 6.92 Å². The van der Waals surface area contributed by atoms with Gasteiger partial charge in [0.2, 0.25) is 11.9 Å². The minimum atomic E-state index is -0.277. The van der Waals surface area contributed by atoms with Gasteiger partial charge < -0.3 is 30.5 Å². The van der Waals surface area contributed by atoms with Crippen LogP contribution >= 0.6 is 0 Å². The van der Waals surface area contributed by atoms with Crippen LogP contribution in [0.2, 0.25) is 0 Å². The number of amides is 1. The molecule has 45 heavy (non-hydrogen) atoms. The lowest BCUT2D eigenvalue weighted by molar-refractivity contribution is -0.139. The Labute approximate surface area is 270 Å². The molecule has 250 valence electrons. The van der Waals surface area contributed by atoms with Gasteiger partial charge >= 0.3 is 5.97 Å². The molecule has 1 fully saturated rings. The maximum Gasteiger partial charge on any atom is 0.309 e. The molecule has 1 aliphatic rings. The fraction of sp³-hybridized carbons (Fsp3) is 0.647. The topological polar surface area (TPSA) is 120 Å². The lowest BCUT2D eigenvalue weighted by Gasteiger charge is -2.35. The maximum absolute atomic E-state index is 13.8. The number of hydrogen-bond donors (Lipinski definition) is 2. The fourth-order valence-electron chi connectivity index (χ4n) is 5.75. The Balaban J connectivity index is 1.67. The monoisotopic (exact) mass is 624 g/mol. The molecule has 3 N–H and O–H groups in total. The number of aryl methyl sites for hydroxylation is 1. The summed E-state index contributed by atoms with van der Waals surface area (Å²) in [6.07, 6.45) is 6.25. The molecule has 0 unspecified atom stereocenters. The van der Waals surface area contributed by atoms with E-state index in [1.165, 1.54) is 7.11 Å². The summed E-state index contributed by atoms with van der Waals surface area (Å²) in [5.41, 5.74) is 9.80. The molecule has 0 radical (unpaired) electrons. The minimum Gasteiger partial charge on any atom is -0.469 e. The van der Waals surface area contributed by atoms with Crippen molar-refractivity contribution in [3.63, 3.8) is 0 Å². The lowest BCUT2D eigenvalue weighted by atomic mass is 10.1. The molecule has 11 nitrogen and oxygen atoms in total. The quantitative estimate of drug-likeness (QED) is 0.178. The number of carbonyl (C=O) groups is 2. The molecule has 1 aromatic carbocycles. The summed E-state index contributed by atoms with van der Waals surface area (Å²) in [6.45, 7) is 12.4. The number of nitrogens with zero attached hydrogens (tertiary/aromatic N) is 6. The predicted molar refractivity (Wildman–Crippen MR) is 181 cm³/mol. The van der Waals surface area contributed by atoms with Crippen molar-refractivity contribution in [2.75, 3.05) is 91.2 Å². The van der Waals surface area contributed by atoms with E-state index in [2.05, 4.69) is 51.0 Å². The summed E-state index contributed by atoms with van der Waals surface area (Å²) >= 11 is 0. The number of methoxy groups -OCH3 is 1. The first-order valence-electron chi connectivity index (χ1n) is 16.6. The van der Waals surface area contributed by atoms with Crippen molar-refractivity contribution in [2.24, 2.45) is 0 Å². The Morgan fingerprint density at radius 1 is 1.00 bits per heavy atom. The fourth-order valence-corrected chi connectivity index (χ4v) is 5.75. The van der Waals surface area contributed by atoms with Gasteiger partial charge in [-0.1, -0.05) is 44.0 Å². The van der Waals surface area contributed by atoms with Crippen LogP contribution in [0.5, 0.6) is 0 Å². The molecule has 0 saturated carbocycles. The molecule has 0 bridgehead atoms. The maximum atomic E-state index is 13.8. The first-order chi connectivity index (χ1) is 21.7. The lowest BCUT2D eigenvalue weighted by Crippen LogP contribution is -2.50. The second-order valence-electron chi connectivity index (χ2n) is 12.4. The zero-order valence-corrected chi connectivity index (χ0v) is 28.3. The standard InChI is InChI=1S/C34H56N8O3/c1-6-7-8-15-36-33-30(27(2)37-34(35)38-33)14-10-18-42(25-29-13-9-12-28(23-29)24-32(44)45-5)31(43)26-41-21-19-40(20-22-41)17-11-16-39(3)4/h9,12-13,23H,6-8,10-11,14-22,24-26H2,1-5H3,(H3,35,36,37,38). The average molecular weight is 625 g/mol. The molecule has 11 heteroatoms. The van der Waals surface area contributed by atoms with E-state index in [1.807, 2.05) is 36.1 Å². The van der Waals surface area contributed by atoms with Gasteiger partial charge in [0.15, 0.2) is 0 Å². The first-order valence-corrected chi connectivity index (χ1v) is 16.6. The van der Waals surface area contributed by atoms with Crippen molar-refractivity contribution in [2.45, 2.75) is 65.3 Å². The highest BCUT2D eigenvalue weighted by atomic mass is 16.5. The van der Waals surface area contributed by atoms with Gasteiger partial charge in [0.1, 0.15) is 5.82 Å². The molecular formula is C34H56N8O3. The van der Waals surface area contributed by atoms with Crippen LogP contribution in [0.15, 0.2) is 24.3 Å². The van der Waals surface area contributed by atoms with Crippen LogP contribution in [-0.4, -0.2) is 122 Å². The number of benzene rings is 1. The van der Waals surface area contributed by atoms with Crippen LogP contribution in [0.1, 0.15) is 61.4 Å². The van der Waals surface area contributed by atoms with E-state index in [0.29, 0.717) is 19.6 Å². The van der Waals surface area contributed by atoms with Crippen LogP contribution in [-0.2, 0) is 33.7 Å². The number of anilines is 2. The smallest absolute Gasteiger partial charge is 0.309 e. The van der Waals surface area contributed by atoms with Crippen molar-refractivity contribution < 1.29 is 14.3 Å². The van der Waals surface area contributed by atoms with Crippen molar-refractivity contribution in [3.05, 3.63) is 46.6 Å². The Kier molecular flexibility index (Phi) is 15.5. The van der Waals surface area contributed by atoms with Crippen molar-refractivity contribution >= 4 is 23.6 Å². The number of ether oxygens (including phenoxy) is 1. The SMILES string of the molecule is CCCCCNc1nc(N)nc(C)c1CCCN(Cc1cccc(CC(=O)OC)c1)C(=O)CN1CCN(CCCN(C)C)CC1. The molecule has 0 aliphatic carbocycles. The Hall–Kier alpha value is -3.28. The van der Waals surface area contributed by atoms with Gasteiger partial charge in [0.05, 0.1) is 20.1 Å². The van der Waals surface area contributed by atoms with Crippen molar-refractivity contribution in [1.82, 2.24) is 29.6 Å². The number of carbonyl (C=O) groups excluding carboxylic acids is 2. The van der Waals surface area contributed by atoms with Gasteiger partial charge in [-0.15, -0.1) is 0 Å². The third-order valence-corrected chi connectivity index (χ3v) is 8.36. The number of nitrogens with one attached hydrogen (secondary N) is 1. The van der Waals surface area contributed by atoms with E-state index < -0.39 is 0 Å². The van der Waals surface area contributed by atoms with Crippen molar-refractivity contribution in [1.29, 1.82) is 0 Å². The van der Waals surface area contributed by atoms with E-state index in [9.17, 15) is 9.59 Å². The number of piperazine rings is 1. The van der Waals surface area contributed by atoms with Gasteiger partial charge in [-0.3, -0.25) is 14.5 Å². The number of aromatic nitrogens is 2. The number of nitrogen functional groups attached to an aromatic ring is 1. The Morgan fingerprint density at radius 2 is 1.73 bits per heavy atom. The summed E-state index contributed by atoms with van der Waals surface area (Å²) < 4.78 is 4.86. The minimum absolute atomic E-state index is 0.123. The van der Waals surface area contributed by atoms with Crippen LogP contribution in [0.3, 0.4) is 0 Å². The molecule has 1 aromatic heterocycles. The Morgan fingerprint density at radius 3 is 2.44 bits per heavy atom. The van der Waals surface area contributed by atoms with E-state index in [1.54, 1.807) is 0 Å². The third-order valence-electron chi connectivity index (χ3n) is 8.36. The molecule has 1 saturated heterocycles. The second kappa shape index (κ2) is 19.3. The molecule has 0 spiro atoms. The summed E-state index contributed by atoms with van der Waals surface area (Å²) in [4.78, 5) is 43.6. The first kappa shape index (κ1) is 36.2. The van der Waals surface area contributed by atoms with Gasteiger partial charge in [0.25, 0.3) is 0 Å². The number of hydrogen-bond acceptors (Lipinski definition) is 10. The largest absolute Gasteiger partial charge is 0.469 e. The zero-order valence-electron chi connectivity index (χ0n) is 28.3. The summed E-state index contributed by atoms with van der Waals surface area (Å²) in [7, 11) is 5.62. The van der Waals surface area contributed by atoms with Crippen LogP contribution in [0.25, 0.3) is 0 Å². The summed E-state index contributed by atoms with van der Waals surface area (Å²) in [5, 5.41) is 3.47. The van der Waals surface area contributed by atoms with Crippen LogP contribution < -0.4 is 11.1 Å². The number of unbranched alkanes of at least 4 members (excludes halogenated alkanes) is 2. The predicted octanol–water partition coefficient (Wildman–Crippen LogP) is 3.22. The number of nitrogens with two attached hydrogens (primary N) is 1. The molecular weight excluding hydrogens is 568 g/mol. The molecule has 0 atom stereocenters. The third kappa shape index (κ3) is 12.9. The number of rotatable bonds is 19. The van der Waals surface area contributed by atoms with E-state index in [0.717, 1.165) is 113 Å². The highest BCUT2D eigenvalue weighted by molar-refractivity contribution is 5.78. The highest BCUT2D eigenvalue weighted by Gasteiger charge is 2.22. The normalized spacial score (nSPS) is 14.1. The van der Waals surface area contributed by atoms with Crippen molar-refractivity contribution in [3.8, 4) is 0 Å². The molecule has 1 amide bonds. The van der Waals surface area contributed by atoms with E-state index >= 15 is 0 Å². The Bertz CT molecular complexity index is 1200. The molecule has 1 aliphatic heterocycles. The molecule has 2 aromatic rings. The van der Waals surface area contributed by atoms with Gasteiger partial charge in [-0.2, -0.15) is 4.98 Å². The van der Waals surface area contributed by atoms with Gasteiger partial charge in [-0.05, 0) is 70.9 Å². The van der Waals surface area contributed by atoms with Gasteiger partial charge in [0, 0.05) is 57.1 Å². The molecule has 3 rings (SSSR count). The average Bonchev–Trinajstić information content (AvgIpc) is 3.00. The highest BCUT2D eigenvalue weighted by Crippen LogP contribution is 2.20.